The van der Waals surface area contributed by atoms with Crippen molar-refractivity contribution in [2.75, 3.05) is 0 Å². The van der Waals surface area contributed by atoms with Gasteiger partial charge in [0.25, 0.3) is 5.56 Å². The molecule has 0 amide bonds. The number of hydrogen-bond donors (Lipinski definition) is 4. The second-order valence-electron chi connectivity index (χ2n) is 5.01. The number of ketones is 1. The summed E-state index contributed by atoms with van der Waals surface area (Å²) in [4.78, 5) is 50.6. The zero-order valence-electron chi connectivity index (χ0n) is 12.0. The summed E-state index contributed by atoms with van der Waals surface area (Å²) in [7, 11) is 0. The highest BCUT2D eigenvalue weighted by Gasteiger charge is 2.28. The molecule has 0 saturated heterocycles. The van der Waals surface area contributed by atoms with Gasteiger partial charge in [0.05, 0.1) is 0 Å². The first-order valence-electron chi connectivity index (χ1n) is 6.75. The maximum Gasteiger partial charge on any atom is 0.339 e. The number of allylic oxidation sites excluding steroid dienone is 1. The van der Waals surface area contributed by atoms with E-state index in [-0.39, 0.29) is 11.1 Å². The average molecular weight is 326 g/mol. The van der Waals surface area contributed by atoms with E-state index in [1.165, 1.54) is 6.08 Å². The van der Waals surface area contributed by atoms with Gasteiger partial charge >= 0.3 is 11.7 Å². The zero-order valence-corrected chi connectivity index (χ0v) is 12.0. The van der Waals surface area contributed by atoms with E-state index in [1.807, 2.05) is 9.97 Å². The van der Waals surface area contributed by atoms with E-state index in [4.69, 9.17) is 0 Å². The van der Waals surface area contributed by atoms with E-state index in [1.54, 1.807) is 24.3 Å². The molecule has 8 nitrogen and oxygen atoms in total. The van der Waals surface area contributed by atoms with Crippen LogP contribution in [0, 0.1) is 0 Å². The maximum absolute atomic E-state index is 12.4. The fraction of sp³-hybridized carbons (Fsp3) is 0. The van der Waals surface area contributed by atoms with Crippen LogP contribution in [0.25, 0.3) is 17.7 Å². The van der Waals surface area contributed by atoms with Crippen molar-refractivity contribution in [3.8, 4) is 5.88 Å². The SMILES string of the molecule is O=C(O)C1=Cc2ccccc2/C(=C/c2c(O)[nH]c(=O)[nH]c2=O)C1=O. The summed E-state index contributed by atoms with van der Waals surface area (Å²) in [5.74, 6) is -2.92. The molecule has 24 heavy (non-hydrogen) atoms. The summed E-state index contributed by atoms with van der Waals surface area (Å²) in [6, 6.07) is 6.53. The number of rotatable bonds is 2. The van der Waals surface area contributed by atoms with Crippen molar-refractivity contribution in [1.82, 2.24) is 9.97 Å². The van der Waals surface area contributed by atoms with Crippen LogP contribution < -0.4 is 11.2 Å². The number of H-pyrrole nitrogens is 2. The van der Waals surface area contributed by atoms with E-state index >= 15 is 0 Å². The largest absolute Gasteiger partial charge is 0.494 e. The number of aromatic hydroxyl groups is 1. The summed E-state index contributed by atoms with van der Waals surface area (Å²) in [6.07, 6.45) is 2.30. The first kappa shape index (κ1) is 15.2. The van der Waals surface area contributed by atoms with Gasteiger partial charge in [0, 0.05) is 5.57 Å². The highest BCUT2D eigenvalue weighted by molar-refractivity contribution is 6.42. The van der Waals surface area contributed by atoms with Gasteiger partial charge in [-0.05, 0) is 23.3 Å². The van der Waals surface area contributed by atoms with Crippen molar-refractivity contribution in [2.45, 2.75) is 0 Å². The third kappa shape index (κ3) is 2.45. The first-order valence-corrected chi connectivity index (χ1v) is 6.75. The van der Waals surface area contributed by atoms with Crippen LogP contribution in [-0.2, 0) is 9.59 Å². The molecular formula is C16H10N2O6. The predicted octanol–water partition coefficient (Wildman–Crippen LogP) is 0.360. The quantitative estimate of drug-likeness (QED) is 0.464. The Morgan fingerprint density at radius 3 is 2.46 bits per heavy atom. The third-order valence-corrected chi connectivity index (χ3v) is 3.52. The molecule has 1 aromatic carbocycles. The average Bonchev–Trinajstić information content (AvgIpc) is 2.51. The van der Waals surface area contributed by atoms with Crippen molar-refractivity contribution in [3.05, 3.63) is 67.4 Å². The van der Waals surface area contributed by atoms with Gasteiger partial charge in [0.1, 0.15) is 11.1 Å². The molecule has 0 fully saturated rings. The molecule has 0 aliphatic heterocycles. The predicted molar refractivity (Wildman–Crippen MR) is 84.3 cm³/mol. The van der Waals surface area contributed by atoms with Gasteiger partial charge in [-0.15, -0.1) is 0 Å². The highest BCUT2D eigenvalue weighted by Crippen LogP contribution is 2.32. The standard InChI is InChI=1S/C16H10N2O6/c19-12-9(6-11-13(20)17-16(24)18-14(11)21)8-4-2-1-3-7(8)5-10(12)15(22)23/h1-6H,(H,22,23)(H3,17,18,20,21,24)/b9-6-. The van der Waals surface area contributed by atoms with Crippen LogP contribution in [0.2, 0.25) is 0 Å². The number of carboxylic acid groups (broad SMARTS) is 1. The normalized spacial score (nSPS) is 15.1. The molecule has 0 radical (unpaired) electrons. The smallest absolute Gasteiger partial charge is 0.339 e. The number of carbonyl (C=O) groups excluding carboxylic acids is 1. The Kier molecular flexibility index (Phi) is 3.49. The maximum atomic E-state index is 12.4. The van der Waals surface area contributed by atoms with E-state index in [9.17, 15) is 29.4 Å². The summed E-state index contributed by atoms with van der Waals surface area (Å²) in [5, 5.41) is 18.9. The van der Waals surface area contributed by atoms with Gasteiger partial charge in [-0.2, -0.15) is 0 Å². The Morgan fingerprint density at radius 2 is 1.79 bits per heavy atom. The lowest BCUT2D eigenvalue weighted by Crippen LogP contribution is -2.24. The van der Waals surface area contributed by atoms with Crippen molar-refractivity contribution in [2.24, 2.45) is 0 Å². The molecule has 4 N–H and O–H groups in total. The van der Waals surface area contributed by atoms with Crippen molar-refractivity contribution < 1.29 is 19.8 Å². The van der Waals surface area contributed by atoms with Gasteiger partial charge in [-0.25, -0.2) is 9.59 Å². The van der Waals surface area contributed by atoms with Crippen molar-refractivity contribution >= 4 is 29.5 Å². The number of aliphatic carboxylic acids is 1. The summed E-state index contributed by atoms with van der Waals surface area (Å²) in [5.41, 5.74) is -1.78. The summed E-state index contributed by atoms with van der Waals surface area (Å²) in [6.45, 7) is 0. The number of benzene rings is 1. The Labute approximate surface area is 133 Å². The molecule has 1 aliphatic rings. The van der Waals surface area contributed by atoms with Crippen molar-refractivity contribution in [3.63, 3.8) is 0 Å². The van der Waals surface area contributed by atoms with E-state index in [0.717, 1.165) is 6.08 Å². The second kappa shape index (κ2) is 5.51. The van der Waals surface area contributed by atoms with Crippen LogP contribution >= 0.6 is 0 Å². The lowest BCUT2D eigenvalue weighted by Gasteiger charge is -2.16. The lowest BCUT2D eigenvalue weighted by atomic mass is 9.86. The molecule has 0 bridgehead atoms. The number of fused-ring (bicyclic) bond motifs is 1. The topological polar surface area (TPSA) is 140 Å². The monoisotopic (exact) mass is 326 g/mol. The van der Waals surface area contributed by atoms with Crippen LogP contribution in [0.4, 0.5) is 0 Å². The van der Waals surface area contributed by atoms with Gasteiger partial charge in [-0.1, -0.05) is 24.3 Å². The Hall–Kier alpha value is -3.68. The second-order valence-corrected chi connectivity index (χ2v) is 5.01. The number of hydrogen-bond acceptors (Lipinski definition) is 5. The Morgan fingerprint density at radius 1 is 1.08 bits per heavy atom. The van der Waals surface area contributed by atoms with Gasteiger partial charge in [0.2, 0.25) is 11.7 Å². The minimum absolute atomic E-state index is 0.0710. The Bertz CT molecular complexity index is 1050. The van der Waals surface area contributed by atoms with Crippen LogP contribution in [0.1, 0.15) is 16.7 Å². The van der Waals surface area contributed by atoms with Gasteiger partial charge in [-0.3, -0.25) is 19.6 Å². The third-order valence-electron chi connectivity index (χ3n) is 3.52. The molecule has 8 heteroatoms. The fourth-order valence-corrected chi connectivity index (χ4v) is 2.42. The van der Waals surface area contributed by atoms with Crippen LogP contribution in [0.5, 0.6) is 5.88 Å². The fourth-order valence-electron chi connectivity index (χ4n) is 2.42. The Balaban J connectivity index is 2.30. The number of aromatic nitrogens is 2. The minimum Gasteiger partial charge on any atom is -0.494 e. The van der Waals surface area contributed by atoms with Crippen LogP contribution in [-0.4, -0.2) is 31.9 Å². The molecule has 0 saturated carbocycles. The molecular weight excluding hydrogens is 316 g/mol. The number of Topliss-reactive ketones (excluding diaryl/α,β-unsaturated/α-hetero) is 1. The first-order chi connectivity index (χ1) is 11.4. The van der Waals surface area contributed by atoms with E-state index < -0.39 is 34.5 Å². The van der Waals surface area contributed by atoms with Gasteiger partial charge < -0.3 is 10.2 Å². The molecule has 120 valence electrons. The van der Waals surface area contributed by atoms with E-state index in [0.29, 0.717) is 11.1 Å². The minimum atomic E-state index is -1.40. The molecule has 1 aromatic heterocycles. The molecule has 1 heterocycles. The molecule has 2 aromatic rings. The molecule has 0 atom stereocenters. The highest BCUT2D eigenvalue weighted by atomic mass is 16.4. The van der Waals surface area contributed by atoms with Gasteiger partial charge in [0.15, 0.2) is 0 Å². The van der Waals surface area contributed by atoms with E-state index in [2.05, 4.69) is 0 Å². The van der Waals surface area contributed by atoms with Crippen molar-refractivity contribution in [1.29, 1.82) is 0 Å². The van der Waals surface area contributed by atoms with Crippen LogP contribution in [0.3, 0.4) is 0 Å². The van der Waals surface area contributed by atoms with Crippen LogP contribution in [0.15, 0.2) is 39.4 Å². The zero-order chi connectivity index (χ0) is 17.4. The lowest BCUT2D eigenvalue weighted by molar-refractivity contribution is -0.133. The molecule has 1 aliphatic carbocycles. The number of aromatic amines is 2. The summed E-state index contributed by atoms with van der Waals surface area (Å²) < 4.78 is 0. The molecule has 3 rings (SSSR count). The summed E-state index contributed by atoms with van der Waals surface area (Å²) >= 11 is 0. The number of carbonyl (C=O) groups is 2. The number of nitrogens with one attached hydrogen (secondary N) is 2. The molecule has 0 spiro atoms. The number of carboxylic acids is 1. The molecule has 0 unspecified atom stereocenters.